The highest BCUT2D eigenvalue weighted by Crippen LogP contribution is 2.21. The Kier molecular flexibility index (Phi) is 7.68. The summed E-state index contributed by atoms with van der Waals surface area (Å²) in [7, 11) is 1.59. The average molecular weight is 340 g/mol. The minimum absolute atomic E-state index is 0.252. The Morgan fingerprint density at radius 1 is 0.960 bits per heavy atom. The Hall–Kier alpha value is -2.13. The van der Waals surface area contributed by atoms with Gasteiger partial charge >= 0.3 is 5.97 Å². The van der Waals surface area contributed by atoms with Gasteiger partial charge in [0.05, 0.1) is 12.2 Å². The molecule has 0 aliphatic rings. The maximum absolute atomic E-state index is 12.1. The normalized spacial score (nSPS) is 12.0. The standard InChI is InChI=1S/C22H28O3/c1-4-5-6-7-18-8-10-19(11-9-18)20-12-14-21(15-13-20)22(23)25-17(2)16-24-3/h8-15,17H,4-7,16H2,1-3H3. The first-order chi connectivity index (χ1) is 12.1. The van der Waals surface area contributed by atoms with Crippen molar-refractivity contribution >= 4 is 5.97 Å². The summed E-state index contributed by atoms with van der Waals surface area (Å²) in [5.41, 5.74) is 4.20. The average Bonchev–Trinajstić information content (AvgIpc) is 2.63. The van der Waals surface area contributed by atoms with Gasteiger partial charge in [-0.1, -0.05) is 56.2 Å². The SMILES string of the molecule is CCCCCc1ccc(-c2ccc(C(=O)OC(C)COC)cc2)cc1. The molecular formula is C22H28O3. The summed E-state index contributed by atoms with van der Waals surface area (Å²) in [5, 5.41) is 0. The molecule has 2 aromatic rings. The van der Waals surface area contributed by atoms with Crippen LogP contribution in [0.25, 0.3) is 11.1 Å². The van der Waals surface area contributed by atoms with Gasteiger partial charge in [0, 0.05) is 7.11 Å². The number of carbonyl (C=O) groups excluding carboxylic acids is 1. The Morgan fingerprint density at radius 3 is 2.12 bits per heavy atom. The van der Waals surface area contributed by atoms with Crippen LogP contribution < -0.4 is 0 Å². The van der Waals surface area contributed by atoms with Crippen LogP contribution in [-0.2, 0) is 15.9 Å². The lowest BCUT2D eigenvalue weighted by Crippen LogP contribution is -2.19. The molecule has 0 bridgehead atoms. The number of carbonyl (C=O) groups is 1. The summed E-state index contributed by atoms with van der Waals surface area (Å²) in [6, 6.07) is 16.2. The van der Waals surface area contributed by atoms with Crippen LogP contribution in [0.5, 0.6) is 0 Å². The molecule has 0 aromatic heterocycles. The molecule has 2 aromatic carbocycles. The molecule has 25 heavy (non-hydrogen) atoms. The first-order valence-corrected chi connectivity index (χ1v) is 9.03. The van der Waals surface area contributed by atoms with Crippen molar-refractivity contribution in [2.24, 2.45) is 0 Å². The number of aryl methyl sites for hydroxylation is 1. The van der Waals surface area contributed by atoms with Crippen molar-refractivity contribution in [3.05, 3.63) is 59.7 Å². The Bertz CT molecular complexity index is 644. The number of hydrogen-bond acceptors (Lipinski definition) is 3. The van der Waals surface area contributed by atoms with Crippen molar-refractivity contribution in [1.82, 2.24) is 0 Å². The van der Waals surface area contributed by atoms with Crippen molar-refractivity contribution in [3.8, 4) is 11.1 Å². The fraction of sp³-hybridized carbons (Fsp3) is 0.409. The molecule has 1 unspecified atom stereocenters. The fourth-order valence-corrected chi connectivity index (χ4v) is 2.76. The molecule has 134 valence electrons. The summed E-state index contributed by atoms with van der Waals surface area (Å²) in [6.45, 7) is 4.44. The van der Waals surface area contributed by atoms with Crippen molar-refractivity contribution in [1.29, 1.82) is 0 Å². The number of rotatable bonds is 9. The van der Waals surface area contributed by atoms with E-state index in [9.17, 15) is 4.79 Å². The molecule has 0 aliphatic carbocycles. The number of ether oxygens (including phenoxy) is 2. The summed E-state index contributed by atoms with van der Waals surface area (Å²) < 4.78 is 10.3. The van der Waals surface area contributed by atoms with Gasteiger partial charge in [-0.05, 0) is 48.6 Å². The number of methoxy groups -OCH3 is 1. The second-order valence-electron chi connectivity index (χ2n) is 6.40. The van der Waals surface area contributed by atoms with Crippen LogP contribution >= 0.6 is 0 Å². The molecule has 0 spiro atoms. The molecular weight excluding hydrogens is 312 g/mol. The quantitative estimate of drug-likeness (QED) is 0.460. The minimum Gasteiger partial charge on any atom is -0.457 e. The molecule has 0 radical (unpaired) electrons. The van der Waals surface area contributed by atoms with E-state index in [1.807, 2.05) is 31.2 Å². The van der Waals surface area contributed by atoms with Crippen LogP contribution in [-0.4, -0.2) is 25.8 Å². The summed E-state index contributed by atoms with van der Waals surface area (Å²) >= 11 is 0. The monoisotopic (exact) mass is 340 g/mol. The lowest BCUT2D eigenvalue weighted by Gasteiger charge is -2.12. The highest BCUT2D eigenvalue weighted by Gasteiger charge is 2.12. The number of benzene rings is 2. The number of hydrogen-bond donors (Lipinski definition) is 0. The van der Waals surface area contributed by atoms with Gasteiger partial charge in [-0.15, -0.1) is 0 Å². The molecule has 0 saturated heterocycles. The molecule has 0 N–H and O–H groups in total. The van der Waals surface area contributed by atoms with Crippen molar-refractivity contribution in [3.63, 3.8) is 0 Å². The largest absolute Gasteiger partial charge is 0.457 e. The van der Waals surface area contributed by atoms with Crippen LogP contribution in [0.3, 0.4) is 0 Å². The maximum atomic E-state index is 12.1. The zero-order valence-electron chi connectivity index (χ0n) is 15.5. The Balaban J connectivity index is 1.98. The van der Waals surface area contributed by atoms with Crippen molar-refractivity contribution < 1.29 is 14.3 Å². The van der Waals surface area contributed by atoms with E-state index in [-0.39, 0.29) is 12.1 Å². The Labute approximate surface area is 151 Å². The van der Waals surface area contributed by atoms with Gasteiger partial charge in [-0.25, -0.2) is 4.79 Å². The van der Waals surface area contributed by atoms with Crippen molar-refractivity contribution in [2.45, 2.75) is 45.6 Å². The predicted molar refractivity (Wildman–Crippen MR) is 102 cm³/mol. The third-order valence-corrected chi connectivity index (χ3v) is 4.19. The zero-order valence-corrected chi connectivity index (χ0v) is 15.5. The van der Waals surface area contributed by atoms with Gasteiger partial charge in [-0.3, -0.25) is 0 Å². The zero-order chi connectivity index (χ0) is 18.1. The smallest absolute Gasteiger partial charge is 0.338 e. The van der Waals surface area contributed by atoms with E-state index >= 15 is 0 Å². The lowest BCUT2D eigenvalue weighted by atomic mass is 10.0. The molecule has 0 fully saturated rings. The second-order valence-corrected chi connectivity index (χ2v) is 6.40. The molecule has 0 saturated carbocycles. The fourth-order valence-electron chi connectivity index (χ4n) is 2.76. The van der Waals surface area contributed by atoms with Crippen molar-refractivity contribution in [2.75, 3.05) is 13.7 Å². The third kappa shape index (κ3) is 6.02. The number of unbranched alkanes of at least 4 members (excludes halogenated alkanes) is 2. The first kappa shape index (κ1) is 19.2. The highest BCUT2D eigenvalue weighted by atomic mass is 16.6. The van der Waals surface area contributed by atoms with Crippen LogP contribution in [0.2, 0.25) is 0 Å². The Morgan fingerprint density at radius 2 is 1.56 bits per heavy atom. The van der Waals surface area contributed by atoms with Gasteiger partial charge in [0.15, 0.2) is 0 Å². The van der Waals surface area contributed by atoms with E-state index in [0.29, 0.717) is 12.2 Å². The maximum Gasteiger partial charge on any atom is 0.338 e. The topological polar surface area (TPSA) is 35.5 Å². The molecule has 0 amide bonds. The van der Waals surface area contributed by atoms with E-state index in [4.69, 9.17) is 9.47 Å². The molecule has 1 atom stereocenters. The van der Waals surface area contributed by atoms with Gasteiger partial charge < -0.3 is 9.47 Å². The number of esters is 1. The van der Waals surface area contributed by atoms with Gasteiger partial charge in [0.25, 0.3) is 0 Å². The molecule has 3 nitrogen and oxygen atoms in total. The van der Waals surface area contributed by atoms with Crippen LogP contribution in [0.4, 0.5) is 0 Å². The summed E-state index contributed by atoms with van der Waals surface area (Å²) in [4.78, 5) is 12.1. The van der Waals surface area contributed by atoms with E-state index < -0.39 is 0 Å². The van der Waals surface area contributed by atoms with E-state index in [1.54, 1.807) is 7.11 Å². The van der Waals surface area contributed by atoms with Crippen LogP contribution in [0.15, 0.2) is 48.5 Å². The second kappa shape index (κ2) is 10.00. The lowest BCUT2D eigenvalue weighted by molar-refractivity contribution is 0.0120. The first-order valence-electron chi connectivity index (χ1n) is 9.03. The third-order valence-electron chi connectivity index (χ3n) is 4.19. The summed E-state index contributed by atoms with van der Waals surface area (Å²) in [5.74, 6) is -0.317. The van der Waals surface area contributed by atoms with Gasteiger partial charge in [-0.2, -0.15) is 0 Å². The van der Waals surface area contributed by atoms with Crippen LogP contribution in [0, 0.1) is 0 Å². The van der Waals surface area contributed by atoms with E-state index in [1.165, 1.54) is 24.8 Å². The van der Waals surface area contributed by atoms with Gasteiger partial charge in [0.1, 0.15) is 6.10 Å². The van der Waals surface area contributed by atoms with Gasteiger partial charge in [0.2, 0.25) is 0 Å². The predicted octanol–water partition coefficient (Wildman–Crippen LogP) is 5.28. The van der Waals surface area contributed by atoms with Crippen LogP contribution in [0.1, 0.15) is 49.0 Å². The molecule has 0 aliphatic heterocycles. The molecule has 0 heterocycles. The van der Waals surface area contributed by atoms with E-state index in [0.717, 1.165) is 17.5 Å². The molecule has 3 heteroatoms. The van der Waals surface area contributed by atoms with E-state index in [2.05, 4.69) is 31.2 Å². The highest BCUT2D eigenvalue weighted by molar-refractivity contribution is 5.90. The minimum atomic E-state index is -0.317. The molecule has 2 rings (SSSR count). The summed E-state index contributed by atoms with van der Waals surface area (Å²) in [6.07, 6.45) is 4.66.